The number of benzene rings is 1. The molecule has 6 heteroatoms. The number of para-hydroxylation sites is 1. The van der Waals surface area contributed by atoms with Crippen LogP contribution in [0.2, 0.25) is 5.02 Å². The van der Waals surface area contributed by atoms with E-state index >= 15 is 0 Å². The van der Waals surface area contributed by atoms with Gasteiger partial charge in [-0.15, -0.1) is 12.4 Å². The van der Waals surface area contributed by atoms with Gasteiger partial charge < -0.3 is 14.8 Å². The standard InChI is InChI=1S/C12H14ClNO3.ClH/c1-16-12(15)10-6-8(7-14-10)17-11-5-3-2-4-9(11)13;/h2-5,8,10,14H,6-7H2,1H3;1H/t8-,10-;/m0./s1. The molecule has 2 rings (SSSR count). The number of halogens is 2. The maximum absolute atomic E-state index is 11.3. The maximum atomic E-state index is 11.3. The van der Waals surface area contributed by atoms with E-state index in [9.17, 15) is 4.79 Å². The van der Waals surface area contributed by atoms with Crippen molar-refractivity contribution in [2.75, 3.05) is 13.7 Å². The summed E-state index contributed by atoms with van der Waals surface area (Å²) in [7, 11) is 1.38. The van der Waals surface area contributed by atoms with E-state index in [1.807, 2.05) is 18.2 Å². The first-order valence-corrected chi connectivity index (χ1v) is 5.81. The summed E-state index contributed by atoms with van der Waals surface area (Å²) >= 11 is 5.99. The molecule has 0 aromatic heterocycles. The Bertz CT molecular complexity index is 414. The molecule has 18 heavy (non-hydrogen) atoms. The summed E-state index contributed by atoms with van der Waals surface area (Å²) in [6.45, 7) is 0.616. The first kappa shape index (κ1) is 15.1. The summed E-state index contributed by atoms with van der Waals surface area (Å²) in [4.78, 5) is 11.3. The van der Waals surface area contributed by atoms with Crippen LogP contribution in [0.1, 0.15) is 6.42 Å². The molecular weight excluding hydrogens is 277 g/mol. The van der Waals surface area contributed by atoms with Crippen molar-refractivity contribution in [3.05, 3.63) is 29.3 Å². The number of esters is 1. The van der Waals surface area contributed by atoms with E-state index in [1.165, 1.54) is 7.11 Å². The van der Waals surface area contributed by atoms with Crippen molar-refractivity contribution in [3.63, 3.8) is 0 Å². The van der Waals surface area contributed by atoms with Crippen molar-refractivity contribution in [2.45, 2.75) is 18.6 Å². The van der Waals surface area contributed by atoms with Crippen molar-refractivity contribution < 1.29 is 14.3 Å². The van der Waals surface area contributed by atoms with E-state index in [1.54, 1.807) is 6.07 Å². The molecule has 0 bridgehead atoms. The van der Waals surface area contributed by atoms with Crippen LogP contribution in [0.15, 0.2) is 24.3 Å². The molecule has 0 saturated carbocycles. The second kappa shape index (κ2) is 6.83. The highest BCUT2D eigenvalue weighted by atomic mass is 35.5. The Labute approximate surface area is 117 Å². The van der Waals surface area contributed by atoms with Crippen LogP contribution in [0.3, 0.4) is 0 Å². The topological polar surface area (TPSA) is 47.6 Å². The van der Waals surface area contributed by atoms with Gasteiger partial charge in [-0.2, -0.15) is 0 Å². The highest BCUT2D eigenvalue weighted by molar-refractivity contribution is 6.32. The number of nitrogens with one attached hydrogen (secondary N) is 1. The molecule has 1 fully saturated rings. The van der Waals surface area contributed by atoms with Gasteiger partial charge in [-0.1, -0.05) is 23.7 Å². The van der Waals surface area contributed by atoms with Crippen LogP contribution in [-0.2, 0) is 9.53 Å². The van der Waals surface area contributed by atoms with Crippen molar-refractivity contribution in [3.8, 4) is 5.75 Å². The van der Waals surface area contributed by atoms with Crippen LogP contribution in [0.4, 0.5) is 0 Å². The highest BCUT2D eigenvalue weighted by Gasteiger charge is 2.31. The third-order valence-corrected chi connectivity index (χ3v) is 3.02. The number of ether oxygens (including phenoxy) is 2. The summed E-state index contributed by atoms with van der Waals surface area (Å²) in [5.74, 6) is 0.391. The number of methoxy groups -OCH3 is 1. The molecule has 0 radical (unpaired) electrons. The molecule has 4 nitrogen and oxygen atoms in total. The SMILES string of the molecule is COC(=O)[C@@H]1C[C@H](Oc2ccccc2Cl)CN1.Cl. The van der Waals surface area contributed by atoms with Crippen molar-refractivity contribution >= 4 is 30.0 Å². The Morgan fingerprint density at radius 3 is 2.83 bits per heavy atom. The molecule has 1 aliphatic rings. The first-order valence-electron chi connectivity index (χ1n) is 5.43. The lowest BCUT2D eigenvalue weighted by Crippen LogP contribution is -2.31. The Hall–Kier alpha value is -0.970. The van der Waals surface area contributed by atoms with Gasteiger partial charge >= 0.3 is 5.97 Å². The van der Waals surface area contributed by atoms with Gasteiger partial charge in [0.05, 0.1) is 12.1 Å². The van der Waals surface area contributed by atoms with Crippen molar-refractivity contribution in [1.29, 1.82) is 0 Å². The molecule has 0 amide bonds. The third-order valence-electron chi connectivity index (χ3n) is 2.71. The number of carbonyl (C=O) groups is 1. The molecule has 0 aliphatic carbocycles. The van der Waals surface area contributed by atoms with Crippen LogP contribution in [0.5, 0.6) is 5.75 Å². The molecule has 1 aliphatic heterocycles. The van der Waals surface area contributed by atoms with Crippen LogP contribution < -0.4 is 10.1 Å². The molecule has 1 aromatic rings. The number of hydrogen-bond acceptors (Lipinski definition) is 4. The predicted molar refractivity (Wildman–Crippen MR) is 71.5 cm³/mol. The quantitative estimate of drug-likeness (QED) is 0.866. The molecular formula is C12H15Cl2NO3. The zero-order valence-electron chi connectivity index (χ0n) is 9.89. The fraction of sp³-hybridized carbons (Fsp3) is 0.417. The largest absolute Gasteiger partial charge is 0.487 e. The minimum atomic E-state index is -0.285. The van der Waals surface area contributed by atoms with E-state index in [0.29, 0.717) is 23.7 Å². The van der Waals surface area contributed by atoms with Gasteiger partial charge in [-0.3, -0.25) is 4.79 Å². The number of carbonyl (C=O) groups excluding carboxylic acids is 1. The van der Waals surface area contributed by atoms with Gasteiger partial charge in [0.15, 0.2) is 0 Å². The second-order valence-electron chi connectivity index (χ2n) is 3.89. The first-order chi connectivity index (χ1) is 8.20. The van der Waals surface area contributed by atoms with Gasteiger partial charge in [0, 0.05) is 13.0 Å². The van der Waals surface area contributed by atoms with Crippen molar-refractivity contribution in [2.24, 2.45) is 0 Å². The Balaban J connectivity index is 0.00000162. The van der Waals surface area contributed by atoms with Crippen LogP contribution in [0, 0.1) is 0 Å². The monoisotopic (exact) mass is 291 g/mol. The van der Waals surface area contributed by atoms with E-state index in [-0.39, 0.29) is 30.5 Å². The zero-order chi connectivity index (χ0) is 12.3. The molecule has 2 atom stereocenters. The molecule has 1 saturated heterocycles. The Kier molecular flexibility index (Phi) is 5.72. The van der Waals surface area contributed by atoms with Gasteiger partial charge in [0.2, 0.25) is 0 Å². The van der Waals surface area contributed by atoms with Crippen LogP contribution >= 0.6 is 24.0 Å². The molecule has 1 heterocycles. The van der Waals surface area contributed by atoms with Crippen LogP contribution in [0.25, 0.3) is 0 Å². The molecule has 0 spiro atoms. The molecule has 0 unspecified atom stereocenters. The van der Waals surface area contributed by atoms with Gasteiger partial charge in [-0.25, -0.2) is 0 Å². The maximum Gasteiger partial charge on any atom is 0.323 e. The summed E-state index contributed by atoms with van der Waals surface area (Å²) in [6.07, 6.45) is 0.539. The average molecular weight is 292 g/mol. The second-order valence-corrected chi connectivity index (χ2v) is 4.30. The minimum absolute atomic E-state index is 0. The normalized spacial score (nSPS) is 22.1. The highest BCUT2D eigenvalue weighted by Crippen LogP contribution is 2.26. The molecule has 100 valence electrons. The summed E-state index contributed by atoms with van der Waals surface area (Å²) in [5.41, 5.74) is 0. The van der Waals surface area contributed by atoms with Crippen LogP contribution in [-0.4, -0.2) is 31.8 Å². The smallest absolute Gasteiger partial charge is 0.323 e. The van der Waals surface area contributed by atoms with Gasteiger partial charge in [-0.05, 0) is 12.1 Å². The molecule has 1 N–H and O–H groups in total. The average Bonchev–Trinajstić information content (AvgIpc) is 2.80. The van der Waals surface area contributed by atoms with Gasteiger partial charge in [0.1, 0.15) is 17.9 Å². The minimum Gasteiger partial charge on any atom is -0.487 e. The fourth-order valence-electron chi connectivity index (χ4n) is 1.83. The summed E-state index contributed by atoms with van der Waals surface area (Å²) in [6, 6.07) is 7.01. The fourth-order valence-corrected chi connectivity index (χ4v) is 2.02. The lowest BCUT2D eigenvalue weighted by atomic mass is 10.2. The zero-order valence-corrected chi connectivity index (χ0v) is 11.5. The Morgan fingerprint density at radius 2 is 2.17 bits per heavy atom. The predicted octanol–water partition coefficient (Wildman–Crippen LogP) is 2.04. The Morgan fingerprint density at radius 1 is 1.44 bits per heavy atom. The summed E-state index contributed by atoms with van der Waals surface area (Å²) in [5, 5.41) is 3.63. The van der Waals surface area contributed by atoms with E-state index in [0.717, 1.165) is 0 Å². The third kappa shape index (κ3) is 3.51. The van der Waals surface area contributed by atoms with E-state index < -0.39 is 0 Å². The van der Waals surface area contributed by atoms with Gasteiger partial charge in [0.25, 0.3) is 0 Å². The summed E-state index contributed by atoms with van der Waals surface area (Å²) < 4.78 is 10.4. The number of hydrogen-bond donors (Lipinski definition) is 1. The lowest BCUT2D eigenvalue weighted by molar-refractivity contribution is -0.142. The molecule has 1 aromatic carbocycles. The van der Waals surface area contributed by atoms with E-state index in [2.05, 4.69) is 10.1 Å². The number of rotatable bonds is 3. The lowest BCUT2D eigenvalue weighted by Gasteiger charge is -2.13. The van der Waals surface area contributed by atoms with E-state index in [4.69, 9.17) is 16.3 Å². The van der Waals surface area contributed by atoms with Crippen molar-refractivity contribution in [1.82, 2.24) is 5.32 Å².